The van der Waals surface area contributed by atoms with Gasteiger partial charge >= 0.3 is 0 Å². The number of hydrogen-bond acceptors (Lipinski definition) is 2. The average Bonchev–Trinajstić information content (AvgIpc) is 2.67. The molecule has 1 heterocycles. The average molecular weight is 263 g/mol. The van der Waals surface area contributed by atoms with E-state index in [0.717, 1.165) is 13.0 Å². The molecule has 1 unspecified atom stereocenters. The maximum absolute atomic E-state index is 11.8. The Morgan fingerprint density at radius 2 is 2.21 bits per heavy atom. The van der Waals surface area contributed by atoms with E-state index in [9.17, 15) is 4.79 Å². The van der Waals surface area contributed by atoms with Gasteiger partial charge in [0.15, 0.2) is 0 Å². The molecule has 4 heteroatoms. The molecule has 1 aromatic rings. The Morgan fingerprint density at radius 3 is 2.89 bits per heavy atom. The van der Waals surface area contributed by atoms with Gasteiger partial charge < -0.3 is 14.8 Å². The van der Waals surface area contributed by atoms with Crippen molar-refractivity contribution in [3.63, 3.8) is 0 Å². The van der Waals surface area contributed by atoms with Crippen LogP contribution in [0.25, 0.3) is 0 Å². The fourth-order valence-corrected chi connectivity index (χ4v) is 2.76. The Kier molecular flexibility index (Phi) is 4.64. The van der Waals surface area contributed by atoms with Gasteiger partial charge in [0.1, 0.15) is 6.54 Å². The van der Waals surface area contributed by atoms with Gasteiger partial charge in [-0.2, -0.15) is 0 Å². The quantitative estimate of drug-likeness (QED) is 0.843. The van der Waals surface area contributed by atoms with Crippen LogP contribution in [0.1, 0.15) is 43.4 Å². The van der Waals surface area contributed by atoms with Crippen molar-refractivity contribution in [3.8, 4) is 0 Å². The third kappa shape index (κ3) is 3.38. The number of rotatable bonds is 4. The van der Waals surface area contributed by atoms with Crippen LogP contribution in [0.4, 0.5) is 0 Å². The van der Waals surface area contributed by atoms with Crippen LogP contribution in [0.2, 0.25) is 0 Å². The van der Waals surface area contributed by atoms with E-state index in [2.05, 4.69) is 24.6 Å². The summed E-state index contributed by atoms with van der Waals surface area (Å²) < 4.78 is 2.04. The molecule has 1 aliphatic rings. The molecule has 1 amide bonds. The minimum absolute atomic E-state index is 0.144. The molecule has 1 atom stereocenters. The minimum atomic E-state index is 0.144. The van der Waals surface area contributed by atoms with Crippen LogP contribution in [0.15, 0.2) is 12.4 Å². The maximum atomic E-state index is 11.8. The lowest BCUT2D eigenvalue weighted by atomic mass is 10.0. The molecule has 2 rings (SSSR count). The number of aromatic nitrogens is 1. The van der Waals surface area contributed by atoms with Crippen molar-refractivity contribution >= 4 is 5.91 Å². The van der Waals surface area contributed by atoms with Crippen LogP contribution in [-0.4, -0.2) is 36.0 Å². The normalized spacial score (nSPS) is 18.8. The molecule has 1 aromatic heterocycles. The third-order valence-corrected chi connectivity index (χ3v) is 3.83. The van der Waals surface area contributed by atoms with Gasteiger partial charge in [-0.25, -0.2) is 0 Å². The summed E-state index contributed by atoms with van der Waals surface area (Å²) in [4.78, 5) is 13.4. The monoisotopic (exact) mass is 263 g/mol. The van der Waals surface area contributed by atoms with Gasteiger partial charge in [0, 0.05) is 32.5 Å². The van der Waals surface area contributed by atoms with E-state index in [-0.39, 0.29) is 5.91 Å². The Labute approximate surface area is 115 Å². The summed E-state index contributed by atoms with van der Waals surface area (Å²) in [5.41, 5.74) is 2.81. The molecule has 19 heavy (non-hydrogen) atoms. The molecular formula is C15H25N3O. The van der Waals surface area contributed by atoms with E-state index in [0.29, 0.717) is 12.6 Å². The first-order valence-corrected chi connectivity index (χ1v) is 7.24. The number of nitrogens with one attached hydrogen (secondary N) is 1. The molecule has 0 spiro atoms. The second kappa shape index (κ2) is 6.24. The summed E-state index contributed by atoms with van der Waals surface area (Å²) >= 11 is 0. The number of fused-ring (bicyclic) bond motifs is 1. The number of amides is 1. The Bertz CT molecular complexity index is 437. The fraction of sp³-hybridized carbons (Fsp3) is 0.667. The summed E-state index contributed by atoms with van der Waals surface area (Å²) in [7, 11) is 3.61. The summed E-state index contributed by atoms with van der Waals surface area (Å²) in [5, 5.41) is 3.56. The van der Waals surface area contributed by atoms with Crippen LogP contribution in [0, 0.1) is 0 Å². The fourth-order valence-electron chi connectivity index (χ4n) is 2.76. The zero-order valence-corrected chi connectivity index (χ0v) is 12.3. The highest BCUT2D eigenvalue weighted by atomic mass is 16.2. The van der Waals surface area contributed by atoms with Gasteiger partial charge in [-0.3, -0.25) is 4.79 Å². The number of nitrogens with zero attached hydrogens (tertiary/aromatic N) is 2. The molecule has 4 nitrogen and oxygen atoms in total. The molecule has 0 aromatic carbocycles. The molecular weight excluding hydrogens is 238 g/mol. The van der Waals surface area contributed by atoms with Crippen molar-refractivity contribution < 1.29 is 4.79 Å². The highest BCUT2D eigenvalue weighted by molar-refractivity contribution is 5.75. The van der Waals surface area contributed by atoms with E-state index >= 15 is 0 Å². The molecule has 0 bridgehead atoms. The predicted octanol–water partition coefficient (Wildman–Crippen LogP) is 1.95. The van der Waals surface area contributed by atoms with Crippen LogP contribution in [0.3, 0.4) is 0 Å². The Balaban J connectivity index is 2.17. The summed E-state index contributed by atoms with van der Waals surface area (Å²) in [5.74, 6) is 0.144. The van der Waals surface area contributed by atoms with E-state index in [1.54, 1.807) is 19.0 Å². The third-order valence-electron chi connectivity index (χ3n) is 3.83. The van der Waals surface area contributed by atoms with Crippen molar-refractivity contribution in [3.05, 3.63) is 23.5 Å². The van der Waals surface area contributed by atoms with Gasteiger partial charge in [-0.05, 0) is 36.9 Å². The van der Waals surface area contributed by atoms with Crippen molar-refractivity contribution in [1.29, 1.82) is 0 Å². The van der Waals surface area contributed by atoms with Gasteiger partial charge in [0.25, 0.3) is 0 Å². The van der Waals surface area contributed by atoms with E-state index in [1.165, 1.54) is 30.4 Å². The van der Waals surface area contributed by atoms with Crippen molar-refractivity contribution in [2.75, 3.05) is 20.6 Å². The largest absolute Gasteiger partial charge is 0.347 e. The molecule has 0 fully saturated rings. The second-order valence-corrected chi connectivity index (χ2v) is 5.56. The lowest BCUT2D eigenvalue weighted by molar-refractivity contribution is -0.129. The van der Waals surface area contributed by atoms with Crippen LogP contribution >= 0.6 is 0 Å². The SMILES string of the molecule is CCNC1CCCCc2cn(CC(=O)N(C)C)cc21. The molecule has 0 aliphatic heterocycles. The highest BCUT2D eigenvalue weighted by Gasteiger charge is 2.20. The van der Waals surface area contributed by atoms with Crippen molar-refractivity contribution in [2.45, 2.75) is 45.2 Å². The number of carbonyl (C=O) groups excluding carboxylic acids is 1. The van der Waals surface area contributed by atoms with Crippen LogP contribution < -0.4 is 5.32 Å². The van der Waals surface area contributed by atoms with Crippen molar-refractivity contribution in [2.24, 2.45) is 0 Å². The number of likely N-dealkylation sites (N-methyl/N-ethyl adjacent to an activating group) is 1. The zero-order chi connectivity index (χ0) is 13.8. The maximum Gasteiger partial charge on any atom is 0.241 e. The molecule has 1 N–H and O–H groups in total. The molecule has 106 valence electrons. The lowest BCUT2D eigenvalue weighted by Crippen LogP contribution is -2.25. The number of hydrogen-bond donors (Lipinski definition) is 1. The summed E-state index contributed by atoms with van der Waals surface area (Å²) in [6.45, 7) is 3.59. The van der Waals surface area contributed by atoms with Gasteiger partial charge in [-0.15, -0.1) is 0 Å². The zero-order valence-electron chi connectivity index (χ0n) is 12.3. The Hall–Kier alpha value is -1.29. The van der Waals surface area contributed by atoms with Gasteiger partial charge in [0.05, 0.1) is 0 Å². The van der Waals surface area contributed by atoms with E-state index in [1.807, 2.05) is 4.57 Å². The smallest absolute Gasteiger partial charge is 0.241 e. The highest BCUT2D eigenvalue weighted by Crippen LogP contribution is 2.29. The topological polar surface area (TPSA) is 37.3 Å². The van der Waals surface area contributed by atoms with Crippen LogP contribution in [0.5, 0.6) is 0 Å². The van der Waals surface area contributed by atoms with Crippen LogP contribution in [-0.2, 0) is 17.8 Å². The first kappa shape index (κ1) is 14.1. The number of aryl methyl sites for hydroxylation is 1. The lowest BCUT2D eigenvalue weighted by Gasteiger charge is -2.15. The first-order chi connectivity index (χ1) is 9.11. The minimum Gasteiger partial charge on any atom is -0.347 e. The number of carbonyl (C=O) groups is 1. The molecule has 0 saturated carbocycles. The standard InChI is InChI=1S/C15H25N3O/c1-4-16-14-8-6-5-7-12-9-18(10-13(12)14)11-15(19)17(2)3/h9-10,14,16H,4-8,11H2,1-3H3. The first-order valence-electron chi connectivity index (χ1n) is 7.24. The van der Waals surface area contributed by atoms with Gasteiger partial charge in [-0.1, -0.05) is 13.3 Å². The second-order valence-electron chi connectivity index (χ2n) is 5.56. The molecule has 0 saturated heterocycles. The summed E-state index contributed by atoms with van der Waals surface area (Å²) in [6, 6.07) is 0.457. The molecule has 1 aliphatic carbocycles. The van der Waals surface area contributed by atoms with Gasteiger partial charge in [0.2, 0.25) is 5.91 Å². The van der Waals surface area contributed by atoms with Crippen molar-refractivity contribution in [1.82, 2.24) is 14.8 Å². The predicted molar refractivity (Wildman–Crippen MR) is 77.1 cm³/mol. The van der Waals surface area contributed by atoms with E-state index in [4.69, 9.17) is 0 Å². The molecule has 0 radical (unpaired) electrons. The van der Waals surface area contributed by atoms with E-state index < -0.39 is 0 Å². The Morgan fingerprint density at radius 1 is 1.42 bits per heavy atom. The summed E-state index contributed by atoms with van der Waals surface area (Å²) in [6.07, 6.45) is 9.19.